The summed E-state index contributed by atoms with van der Waals surface area (Å²) in [7, 11) is 0. The largest absolute Gasteiger partial charge is 0.479 e. The van der Waals surface area contributed by atoms with Gasteiger partial charge < -0.3 is 25.2 Å². The summed E-state index contributed by atoms with van der Waals surface area (Å²) in [5.41, 5.74) is 0. The number of carboxylic acid groups (broad SMARTS) is 1. The van der Waals surface area contributed by atoms with Gasteiger partial charge in [0.25, 0.3) is 0 Å². The van der Waals surface area contributed by atoms with Gasteiger partial charge in [-0.3, -0.25) is 4.79 Å². The molecule has 0 amide bonds. The van der Waals surface area contributed by atoms with E-state index >= 15 is 0 Å². The van der Waals surface area contributed by atoms with Crippen molar-refractivity contribution in [3.63, 3.8) is 0 Å². The van der Waals surface area contributed by atoms with E-state index in [0.29, 0.717) is 6.42 Å². The number of unbranched alkanes of at least 4 members (excludes halogenated alkanes) is 10. The number of esters is 1. The molecule has 0 aliphatic carbocycles. The minimum absolute atomic E-state index is 0.104. The number of hydrogen-bond donors (Lipinski definition) is 4. The molecule has 0 radical (unpaired) electrons. The zero-order valence-electron chi connectivity index (χ0n) is 17.1. The zero-order chi connectivity index (χ0) is 20.9. The average molecular weight is 393 g/mol. The number of aliphatic hydroxyl groups is 3. The van der Waals surface area contributed by atoms with Gasteiger partial charge in [-0.15, -0.1) is 0 Å². The van der Waals surface area contributed by atoms with E-state index in [4.69, 9.17) is 25.2 Å². The number of aliphatic carboxylic acids is 1. The number of hydrogen-bond acceptors (Lipinski definition) is 6. The maximum atomic E-state index is 11.3. The molecule has 0 bridgehead atoms. The van der Waals surface area contributed by atoms with Crippen molar-refractivity contribution >= 4 is 11.9 Å². The number of aliphatic hydroxyl groups excluding tert-OH is 3. The van der Waals surface area contributed by atoms with Gasteiger partial charge in [0.1, 0.15) is 18.8 Å². The summed E-state index contributed by atoms with van der Waals surface area (Å²) in [4.78, 5) is 20.8. The van der Waals surface area contributed by atoms with Gasteiger partial charge in [-0.2, -0.15) is 0 Å². The van der Waals surface area contributed by atoms with Gasteiger partial charge in [0.15, 0.2) is 0 Å². The second kappa shape index (κ2) is 21.1. The molecule has 0 saturated carbocycles. The van der Waals surface area contributed by atoms with Crippen LogP contribution in [-0.2, 0) is 14.3 Å². The van der Waals surface area contributed by atoms with Crippen LogP contribution in [0.3, 0.4) is 0 Å². The van der Waals surface area contributed by atoms with Crippen molar-refractivity contribution in [2.24, 2.45) is 0 Å². The van der Waals surface area contributed by atoms with E-state index in [0.717, 1.165) is 12.8 Å². The Morgan fingerprint density at radius 1 is 0.852 bits per heavy atom. The summed E-state index contributed by atoms with van der Waals surface area (Å²) < 4.78 is 4.84. The van der Waals surface area contributed by atoms with Crippen molar-refractivity contribution in [1.29, 1.82) is 0 Å². The Balaban J connectivity index is 0. The maximum Gasteiger partial charge on any atom is 0.332 e. The fraction of sp³-hybridized carbons (Fsp3) is 0.900. The molecule has 7 nitrogen and oxygen atoms in total. The normalized spacial score (nSPS) is 12.6. The highest BCUT2D eigenvalue weighted by Gasteiger charge is 2.07. The van der Waals surface area contributed by atoms with Gasteiger partial charge in [0, 0.05) is 6.42 Å². The van der Waals surface area contributed by atoms with Crippen molar-refractivity contribution in [3.05, 3.63) is 0 Å². The quantitative estimate of drug-likeness (QED) is 0.235. The summed E-state index contributed by atoms with van der Waals surface area (Å²) in [6, 6.07) is 0. The molecule has 0 spiro atoms. The van der Waals surface area contributed by atoms with E-state index in [-0.39, 0.29) is 19.2 Å². The Bertz CT molecular complexity index is 345. The molecule has 0 aromatic rings. The molecule has 2 atom stereocenters. The van der Waals surface area contributed by atoms with Crippen LogP contribution >= 0.6 is 0 Å². The summed E-state index contributed by atoms with van der Waals surface area (Å²) in [6.45, 7) is 2.96. The van der Waals surface area contributed by atoms with Crippen LogP contribution in [0.25, 0.3) is 0 Å². The molecule has 0 heterocycles. The Kier molecular flexibility index (Phi) is 21.9. The summed E-state index contributed by atoms with van der Waals surface area (Å²) in [6.07, 6.45) is 12.0. The summed E-state index contributed by atoms with van der Waals surface area (Å²) >= 11 is 0. The number of carboxylic acids is 1. The third kappa shape index (κ3) is 24.8. The molecular weight excluding hydrogens is 352 g/mol. The van der Waals surface area contributed by atoms with Crippen LogP contribution in [0.15, 0.2) is 0 Å². The molecule has 0 aliphatic heterocycles. The van der Waals surface area contributed by atoms with E-state index in [1.807, 2.05) is 0 Å². The molecule has 4 N–H and O–H groups in total. The van der Waals surface area contributed by atoms with Gasteiger partial charge in [-0.1, -0.05) is 71.1 Å². The van der Waals surface area contributed by atoms with Gasteiger partial charge in [-0.25, -0.2) is 4.79 Å². The van der Waals surface area contributed by atoms with Crippen molar-refractivity contribution in [2.45, 2.75) is 103 Å². The number of ether oxygens (including phenoxy) is 1. The van der Waals surface area contributed by atoms with Crippen molar-refractivity contribution in [3.8, 4) is 0 Å². The van der Waals surface area contributed by atoms with Crippen molar-refractivity contribution < 1.29 is 34.8 Å². The molecule has 0 aromatic heterocycles. The van der Waals surface area contributed by atoms with E-state index < -0.39 is 18.2 Å². The first kappa shape index (κ1) is 28.0. The topological polar surface area (TPSA) is 124 Å². The van der Waals surface area contributed by atoms with Gasteiger partial charge in [0.05, 0.1) is 6.61 Å². The molecule has 0 fully saturated rings. The third-order valence-electron chi connectivity index (χ3n) is 3.99. The Hall–Kier alpha value is -1.18. The maximum absolute atomic E-state index is 11.3. The first-order chi connectivity index (χ1) is 12.8. The number of carbonyl (C=O) groups is 2. The van der Waals surface area contributed by atoms with Crippen LogP contribution < -0.4 is 0 Å². The smallest absolute Gasteiger partial charge is 0.332 e. The molecule has 0 rings (SSSR count). The molecule has 27 heavy (non-hydrogen) atoms. The molecule has 0 aliphatic rings. The molecular formula is C20H40O7. The molecule has 0 aromatic carbocycles. The lowest BCUT2D eigenvalue weighted by Gasteiger charge is -2.08. The average Bonchev–Trinajstić information content (AvgIpc) is 2.64. The molecule has 2 unspecified atom stereocenters. The number of carbonyl (C=O) groups excluding carboxylic acids is 1. The lowest BCUT2D eigenvalue weighted by Crippen LogP contribution is -2.21. The monoisotopic (exact) mass is 392 g/mol. The van der Waals surface area contributed by atoms with E-state index in [1.165, 1.54) is 64.7 Å². The Labute approximate surface area is 163 Å². The third-order valence-corrected chi connectivity index (χ3v) is 3.99. The summed E-state index contributed by atoms with van der Waals surface area (Å²) in [5.74, 6) is -1.46. The van der Waals surface area contributed by atoms with Crippen LogP contribution in [0.1, 0.15) is 90.9 Å². The molecule has 0 saturated heterocycles. The predicted octanol–water partition coefficient (Wildman–Crippen LogP) is 3.04. The minimum Gasteiger partial charge on any atom is -0.479 e. The highest BCUT2D eigenvalue weighted by atomic mass is 16.5. The van der Waals surface area contributed by atoms with Crippen LogP contribution in [0.2, 0.25) is 0 Å². The van der Waals surface area contributed by atoms with Crippen LogP contribution in [0.4, 0.5) is 0 Å². The highest BCUT2D eigenvalue weighted by molar-refractivity contribution is 5.71. The van der Waals surface area contributed by atoms with Gasteiger partial charge in [0.2, 0.25) is 0 Å². The first-order valence-corrected chi connectivity index (χ1v) is 10.2. The Morgan fingerprint density at radius 3 is 1.63 bits per heavy atom. The van der Waals surface area contributed by atoms with Crippen LogP contribution in [0.5, 0.6) is 0 Å². The van der Waals surface area contributed by atoms with Crippen molar-refractivity contribution in [1.82, 2.24) is 0 Å². The lowest BCUT2D eigenvalue weighted by atomic mass is 10.1. The second-order valence-electron chi connectivity index (χ2n) is 6.82. The van der Waals surface area contributed by atoms with E-state index in [1.54, 1.807) is 0 Å². The second-order valence-corrected chi connectivity index (χ2v) is 6.82. The summed E-state index contributed by atoms with van der Waals surface area (Å²) in [5, 5.41) is 33.4. The van der Waals surface area contributed by atoms with Gasteiger partial charge >= 0.3 is 11.9 Å². The first-order valence-electron chi connectivity index (χ1n) is 10.2. The van der Waals surface area contributed by atoms with Crippen LogP contribution in [-0.4, -0.2) is 57.8 Å². The van der Waals surface area contributed by atoms with Gasteiger partial charge in [-0.05, 0) is 13.3 Å². The molecule has 162 valence electrons. The fourth-order valence-corrected chi connectivity index (χ4v) is 2.25. The molecule has 7 heteroatoms. The van der Waals surface area contributed by atoms with Crippen LogP contribution in [0, 0.1) is 0 Å². The SMILES string of the molecule is CC(O)C(=O)O.CCCCCCCCCCCCCC(=O)OCC(O)CO. The Morgan fingerprint density at radius 2 is 1.26 bits per heavy atom. The zero-order valence-corrected chi connectivity index (χ0v) is 17.1. The standard InChI is InChI=1S/C17H34O4.C3H6O3/c1-2-3-4-5-6-7-8-9-10-11-12-13-17(20)21-15-16(19)14-18;1-2(4)3(5)6/h16,18-19H,2-15H2,1H3;2,4H,1H3,(H,5,6). The fourth-order valence-electron chi connectivity index (χ4n) is 2.25. The minimum atomic E-state index is -1.23. The van der Waals surface area contributed by atoms with E-state index in [9.17, 15) is 9.59 Å². The highest BCUT2D eigenvalue weighted by Crippen LogP contribution is 2.12. The van der Waals surface area contributed by atoms with Crippen molar-refractivity contribution in [2.75, 3.05) is 13.2 Å². The number of rotatable bonds is 16. The predicted molar refractivity (Wildman–Crippen MR) is 104 cm³/mol. The van der Waals surface area contributed by atoms with E-state index in [2.05, 4.69) is 6.92 Å². The lowest BCUT2D eigenvalue weighted by molar-refractivity contribution is -0.147.